The Hall–Kier alpha value is -3.02. The van der Waals surface area contributed by atoms with Crippen LogP contribution in [0, 0.1) is 5.92 Å². The Balaban J connectivity index is 1.36. The number of nitrogens with zero attached hydrogens (tertiary/aromatic N) is 1. The summed E-state index contributed by atoms with van der Waals surface area (Å²) in [4.78, 5) is 27.7. The number of aryl methyl sites for hydroxylation is 1. The van der Waals surface area contributed by atoms with Gasteiger partial charge in [-0.2, -0.15) is 0 Å². The first-order chi connectivity index (χ1) is 15.1. The van der Waals surface area contributed by atoms with Gasteiger partial charge in [0.25, 0.3) is 5.91 Å². The van der Waals surface area contributed by atoms with Crippen LogP contribution in [0.25, 0.3) is 0 Å². The monoisotopic (exact) mass is 422 g/mol. The molecule has 1 N–H and O–H groups in total. The highest BCUT2D eigenvalue weighted by molar-refractivity contribution is 5.95. The normalized spacial score (nSPS) is 18.8. The predicted octanol–water partition coefficient (Wildman–Crippen LogP) is 3.75. The molecule has 31 heavy (non-hydrogen) atoms. The minimum atomic E-state index is -0.0581. The van der Waals surface area contributed by atoms with Crippen LogP contribution in [0.1, 0.15) is 53.2 Å². The molecule has 1 atom stereocenters. The molecule has 0 unspecified atom stereocenters. The molecule has 0 aromatic heterocycles. The summed E-state index contributed by atoms with van der Waals surface area (Å²) in [6.45, 7) is 1.13. The summed E-state index contributed by atoms with van der Waals surface area (Å²) in [5.41, 5.74) is 3.13. The molecule has 4 rings (SSSR count). The molecule has 2 aromatic carbocycles. The van der Waals surface area contributed by atoms with Crippen LogP contribution >= 0.6 is 0 Å². The van der Waals surface area contributed by atoms with Crippen LogP contribution in [0.4, 0.5) is 0 Å². The SMILES string of the molecule is COc1cc(OC)cc(C(=O)N2CCC(C(=O)N[C@@H]3CCCc4ccccc43)CC2)c1. The van der Waals surface area contributed by atoms with Crippen molar-refractivity contribution in [2.75, 3.05) is 27.3 Å². The van der Waals surface area contributed by atoms with Crippen LogP contribution in [0.15, 0.2) is 42.5 Å². The van der Waals surface area contributed by atoms with Gasteiger partial charge in [0.2, 0.25) is 5.91 Å². The van der Waals surface area contributed by atoms with Crippen LogP contribution in [-0.4, -0.2) is 44.0 Å². The van der Waals surface area contributed by atoms with Gasteiger partial charge in [-0.1, -0.05) is 24.3 Å². The standard InChI is InChI=1S/C25H30N2O4/c1-30-20-14-19(15-21(16-20)31-2)25(29)27-12-10-18(11-13-27)24(28)26-23-9-5-7-17-6-3-4-8-22(17)23/h3-4,6,8,14-16,18,23H,5,7,9-13H2,1-2H3,(H,26,28)/t23-/m1/s1. The fraction of sp³-hybridized carbons (Fsp3) is 0.440. The average Bonchev–Trinajstić information content (AvgIpc) is 2.83. The molecule has 0 radical (unpaired) electrons. The summed E-state index contributed by atoms with van der Waals surface area (Å²) in [5, 5.41) is 3.28. The van der Waals surface area contributed by atoms with Crippen molar-refractivity contribution < 1.29 is 19.1 Å². The highest BCUT2D eigenvalue weighted by Gasteiger charge is 2.30. The number of amides is 2. The fourth-order valence-corrected chi connectivity index (χ4v) is 4.65. The van der Waals surface area contributed by atoms with Crippen molar-refractivity contribution in [1.29, 1.82) is 0 Å². The minimum Gasteiger partial charge on any atom is -0.497 e. The molecular weight excluding hydrogens is 392 g/mol. The topological polar surface area (TPSA) is 67.9 Å². The number of hydrogen-bond donors (Lipinski definition) is 1. The van der Waals surface area contributed by atoms with Gasteiger partial charge in [0.05, 0.1) is 20.3 Å². The minimum absolute atomic E-state index is 0.0574. The van der Waals surface area contributed by atoms with Crippen molar-refractivity contribution in [2.45, 2.75) is 38.1 Å². The van der Waals surface area contributed by atoms with E-state index in [2.05, 4.69) is 23.5 Å². The quantitative estimate of drug-likeness (QED) is 0.797. The van der Waals surface area contributed by atoms with E-state index in [0.717, 1.165) is 19.3 Å². The van der Waals surface area contributed by atoms with E-state index in [1.165, 1.54) is 11.1 Å². The first kappa shape index (κ1) is 21.2. The van der Waals surface area contributed by atoms with Gasteiger partial charge in [-0.15, -0.1) is 0 Å². The summed E-state index contributed by atoms with van der Waals surface area (Å²) in [6.07, 6.45) is 4.51. The molecule has 1 saturated heterocycles. The Morgan fingerprint density at radius 1 is 0.968 bits per heavy atom. The number of fused-ring (bicyclic) bond motifs is 1. The number of methoxy groups -OCH3 is 2. The Labute approximate surface area is 183 Å². The van der Waals surface area contributed by atoms with Gasteiger partial charge >= 0.3 is 0 Å². The molecule has 0 bridgehead atoms. The molecular formula is C25H30N2O4. The maximum absolute atomic E-state index is 13.0. The van der Waals surface area contributed by atoms with Gasteiger partial charge in [0.1, 0.15) is 11.5 Å². The number of piperidine rings is 1. The second kappa shape index (κ2) is 9.41. The molecule has 0 spiro atoms. The number of nitrogens with one attached hydrogen (secondary N) is 1. The number of carbonyl (C=O) groups excluding carboxylic acids is 2. The van der Waals surface area contributed by atoms with Crippen molar-refractivity contribution >= 4 is 11.8 Å². The third-order valence-corrected chi connectivity index (χ3v) is 6.44. The molecule has 1 fully saturated rings. The summed E-state index contributed by atoms with van der Waals surface area (Å²) in [5.74, 6) is 1.17. The van der Waals surface area contributed by atoms with Crippen LogP contribution in [0.2, 0.25) is 0 Å². The van der Waals surface area contributed by atoms with Crippen molar-refractivity contribution in [3.05, 3.63) is 59.2 Å². The van der Waals surface area contributed by atoms with E-state index in [4.69, 9.17) is 9.47 Å². The van der Waals surface area contributed by atoms with Crippen molar-refractivity contribution in [2.24, 2.45) is 5.92 Å². The van der Waals surface area contributed by atoms with Crippen molar-refractivity contribution in [3.63, 3.8) is 0 Å². The van der Waals surface area contributed by atoms with Gasteiger partial charge in [-0.05, 0) is 55.4 Å². The number of ether oxygens (including phenoxy) is 2. The van der Waals surface area contributed by atoms with Gasteiger partial charge in [0.15, 0.2) is 0 Å². The van der Waals surface area contributed by atoms with Crippen molar-refractivity contribution in [1.82, 2.24) is 10.2 Å². The zero-order valence-electron chi connectivity index (χ0n) is 18.2. The number of likely N-dealkylation sites (tertiary alicyclic amines) is 1. The van der Waals surface area contributed by atoms with Crippen LogP contribution in [-0.2, 0) is 11.2 Å². The largest absolute Gasteiger partial charge is 0.497 e. The predicted molar refractivity (Wildman–Crippen MR) is 118 cm³/mol. The second-order valence-electron chi connectivity index (χ2n) is 8.32. The van der Waals surface area contributed by atoms with E-state index in [0.29, 0.717) is 43.0 Å². The third kappa shape index (κ3) is 4.68. The average molecular weight is 423 g/mol. The maximum Gasteiger partial charge on any atom is 0.254 e. The van der Waals surface area contributed by atoms with Crippen LogP contribution in [0.3, 0.4) is 0 Å². The Morgan fingerprint density at radius 3 is 2.32 bits per heavy atom. The zero-order valence-corrected chi connectivity index (χ0v) is 18.2. The van der Waals surface area contributed by atoms with E-state index in [1.807, 2.05) is 11.0 Å². The maximum atomic E-state index is 13.0. The van der Waals surface area contributed by atoms with E-state index in [9.17, 15) is 9.59 Å². The molecule has 164 valence electrons. The summed E-state index contributed by atoms with van der Waals surface area (Å²) in [7, 11) is 3.13. The molecule has 2 aromatic rings. The number of rotatable bonds is 5. The fourth-order valence-electron chi connectivity index (χ4n) is 4.65. The van der Waals surface area contributed by atoms with Crippen molar-refractivity contribution in [3.8, 4) is 11.5 Å². The summed E-state index contributed by atoms with van der Waals surface area (Å²) in [6, 6.07) is 13.7. The van der Waals surface area contributed by atoms with Gasteiger partial charge in [0, 0.05) is 30.6 Å². The molecule has 1 aliphatic carbocycles. The number of hydrogen-bond acceptors (Lipinski definition) is 4. The van der Waals surface area contributed by atoms with E-state index >= 15 is 0 Å². The first-order valence-corrected chi connectivity index (χ1v) is 11.0. The molecule has 6 heteroatoms. The molecule has 1 heterocycles. The summed E-state index contributed by atoms with van der Waals surface area (Å²) < 4.78 is 10.6. The lowest BCUT2D eigenvalue weighted by Gasteiger charge is -2.33. The van der Waals surface area contributed by atoms with E-state index < -0.39 is 0 Å². The van der Waals surface area contributed by atoms with E-state index in [-0.39, 0.29) is 23.8 Å². The molecule has 6 nitrogen and oxygen atoms in total. The van der Waals surface area contributed by atoms with E-state index in [1.54, 1.807) is 32.4 Å². The lowest BCUT2D eigenvalue weighted by atomic mass is 9.87. The lowest BCUT2D eigenvalue weighted by molar-refractivity contribution is -0.127. The first-order valence-electron chi connectivity index (χ1n) is 11.0. The molecule has 0 saturated carbocycles. The van der Waals surface area contributed by atoms with Crippen LogP contribution < -0.4 is 14.8 Å². The lowest BCUT2D eigenvalue weighted by Crippen LogP contribution is -2.44. The second-order valence-corrected chi connectivity index (χ2v) is 8.32. The number of carbonyl (C=O) groups is 2. The van der Waals surface area contributed by atoms with Gasteiger partial charge in [-0.25, -0.2) is 0 Å². The highest BCUT2D eigenvalue weighted by Crippen LogP contribution is 2.31. The molecule has 2 aliphatic rings. The van der Waals surface area contributed by atoms with Gasteiger partial charge in [-0.3, -0.25) is 9.59 Å². The number of benzene rings is 2. The summed E-state index contributed by atoms with van der Waals surface area (Å²) >= 11 is 0. The Morgan fingerprint density at radius 2 is 1.65 bits per heavy atom. The highest BCUT2D eigenvalue weighted by atomic mass is 16.5. The Bertz CT molecular complexity index is 928. The zero-order chi connectivity index (χ0) is 21.8. The van der Waals surface area contributed by atoms with Gasteiger partial charge < -0.3 is 19.7 Å². The molecule has 2 amide bonds. The molecule has 1 aliphatic heterocycles. The smallest absolute Gasteiger partial charge is 0.254 e. The van der Waals surface area contributed by atoms with Crippen LogP contribution in [0.5, 0.6) is 11.5 Å². The third-order valence-electron chi connectivity index (χ3n) is 6.44. The Kier molecular flexibility index (Phi) is 6.44.